The van der Waals surface area contributed by atoms with Crippen LogP contribution in [0.1, 0.15) is 18.1 Å². The zero-order valence-electron chi connectivity index (χ0n) is 8.12. The largest absolute Gasteiger partial charge is 0.463 e. The van der Waals surface area contributed by atoms with Crippen LogP contribution in [0.4, 0.5) is 0 Å². The van der Waals surface area contributed by atoms with Crippen molar-refractivity contribution in [2.75, 3.05) is 6.61 Å². The Morgan fingerprint density at radius 3 is 3.00 bits per heavy atom. The molecule has 0 aliphatic heterocycles. The average Bonchev–Trinajstić information content (AvgIpc) is 2.15. The van der Waals surface area contributed by atoms with Gasteiger partial charge in [-0.3, -0.25) is 0 Å². The van der Waals surface area contributed by atoms with E-state index in [9.17, 15) is 4.79 Å². The number of carbonyl (C=O) groups excluding carboxylic acids is 1. The van der Waals surface area contributed by atoms with Crippen molar-refractivity contribution in [1.82, 2.24) is 0 Å². The average molecular weight is 188 g/mol. The van der Waals surface area contributed by atoms with E-state index in [4.69, 9.17) is 4.74 Å². The number of benzene rings is 1. The minimum absolute atomic E-state index is 0.239. The summed E-state index contributed by atoms with van der Waals surface area (Å²) in [7, 11) is 0. The summed E-state index contributed by atoms with van der Waals surface area (Å²) >= 11 is 0. The first-order valence-corrected chi connectivity index (χ1v) is 4.77. The van der Waals surface area contributed by atoms with Gasteiger partial charge in [-0.05, 0) is 30.0 Å². The number of hydrogen-bond donors (Lipinski definition) is 0. The molecular formula is C12H12O2. The quantitative estimate of drug-likeness (QED) is 0.525. The molecule has 2 rings (SSSR count). The third kappa shape index (κ3) is 1.55. The van der Waals surface area contributed by atoms with E-state index in [1.54, 1.807) is 6.08 Å². The minimum atomic E-state index is -0.239. The molecule has 0 unspecified atom stereocenters. The second-order valence-electron chi connectivity index (χ2n) is 3.26. The highest BCUT2D eigenvalue weighted by Gasteiger charge is 2.19. The van der Waals surface area contributed by atoms with Gasteiger partial charge < -0.3 is 4.74 Å². The van der Waals surface area contributed by atoms with Crippen molar-refractivity contribution >= 4 is 11.5 Å². The van der Waals surface area contributed by atoms with Crippen molar-refractivity contribution in [3.05, 3.63) is 41.5 Å². The first kappa shape index (κ1) is 9.00. The van der Waals surface area contributed by atoms with E-state index in [-0.39, 0.29) is 5.97 Å². The van der Waals surface area contributed by atoms with Crippen molar-refractivity contribution in [1.29, 1.82) is 0 Å². The standard InChI is InChI=1S/C12H12O2/c1-2-14-12(13)8-10-7-9-5-3-4-6-11(9)10/h3-6,8H,2,7H2,1H3/b10-8+. The van der Waals surface area contributed by atoms with Gasteiger partial charge in [0.05, 0.1) is 6.61 Å². The molecule has 2 nitrogen and oxygen atoms in total. The Balaban J connectivity index is 2.15. The first-order valence-electron chi connectivity index (χ1n) is 4.77. The first-order chi connectivity index (χ1) is 6.81. The predicted molar refractivity (Wildman–Crippen MR) is 54.8 cm³/mol. The highest BCUT2D eigenvalue weighted by molar-refractivity contribution is 5.95. The molecule has 0 saturated heterocycles. The zero-order valence-corrected chi connectivity index (χ0v) is 8.12. The Morgan fingerprint density at radius 2 is 2.29 bits per heavy atom. The van der Waals surface area contributed by atoms with E-state index >= 15 is 0 Å². The molecule has 1 aromatic carbocycles. The molecule has 0 atom stereocenters. The van der Waals surface area contributed by atoms with Crippen LogP contribution in [-0.2, 0) is 16.0 Å². The topological polar surface area (TPSA) is 26.3 Å². The van der Waals surface area contributed by atoms with Crippen LogP contribution in [0.5, 0.6) is 0 Å². The van der Waals surface area contributed by atoms with Crippen molar-refractivity contribution in [2.45, 2.75) is 13.3 Å². The summed E-state index contributed by atoms with van der Waals surface area (Å²) in [4.78, 5) is 11.2. The lowest BCUT2D eigenvalue weighted by Gasteiger charge is -2.21. The molecule has 0 saturated carbocycles. The predicted octanol–water partition coefficient (Wildman–Crippen LogP) is 2.19. The Labute approximate surface area is 83.2 Å². The van der Waals surface area contributed by atoms with E-state index in [1.807, 2.05) is 25.1 Å². The summed E-state index contributed by atoms with van der Waals surface area (Å²) in [5.74, 6) is -0.239. The van der Waals surface area contributed by atoms with Gasteiger partial charge in [0.2, 0.25) is 0 Å². The number of carbonyl (C=O) groups is 1. The highest BCUT2D eigenvalue weighted by Crippen LogP contribution is 2.33. The van der Waals surface area contributed by atoms with Gasteiger partial charge in [0.15, 0.2) is 0 Å². The number of rotatable bonds is 2. The molecule has 1 aromatic rings. The molecule has 0 heterocycles. The lowest BCUT2D eigenvalue weighted by atomic mass is 9.83. The van der Waals surface area contributed by atoms with Crippen LogP contribution in [0.25, 0.3) is 5.57 Å². The van der Waals surface area contributed by atoms with Gasteiger partial charge in [-0.25, -0.2) is 4.79 Å². The third-order valence-electron chi connectivity index (χ3n) is 2.32. The Morgan fingerprint density at radius 1 is 1.50 bits per heavy atom. The van der Waals surface area contributed by atoms with E-state index in [2.05, 4.69) is 6.07 Å². The molecule has 0 bridgehead atoms. The summed E-state index contributed by atoms with van der Waals surface area (Å²) < 4.78 is 4.85. The van der Waals surface area contributed by atoms with Gasteiger partial charge in [-0.2, -0.15) is 0 Å². The van der Waals surface area contributed by atoms with Crippen LogP contribution in [0, 0.1) is 0 Å². The Bertz CT molecular complexity index is 391. The normalized spacial score (nSPS) is 15.9. The molecule has 0 radical (unpaired) electrons. The fraction of sp³-hybridized carbons (Fsp3) is 0.250. The molecule has 0 spiro atoms. The van der Waals surface area contributed by atoms with E-state index < -0.39 is 0 Å². The molecule has 14 heavy (non-hydrogen) atoms. The molecule has 2 heteroatoms. The number of hydrogen-bond acceptors (Lipinski definition) is 2. The maximum atomic E-state index is 11.2. The molecular weight excluding hydrogens is 176 g/mol. The third-order valence-corrected chi connectivity index (χ3v) is 2.32. The number of fused-ring (bicyclic) bond motifs is 1. The smallest absolute Gasteiger partial charge is 0.331 e. The Kier molecular flexibility index (Phi) is 2.35. The number of allylic oxidation sites excluding steroid dienone is 1. The van der Waals surface area contributed by atoms with Crippen LogP contribution in [0.3, 0.4) is 0 Å². The van der Waals surface area contributed by atoms with Gasteiger partial charge in [-0.1, -0.05) is 24.3 Å². The summed E-state index contributed by atoms with van der Waals surface area (Å²) in [5.41, 5.74) is 3.57. The van der Waals surface area contributed by atoms with E-state index in [0.717, 1.165) is 12.0 Å². The fourth-order valence-electron chi connectivity index (χ4n) is 1.64. The molecule has 1 aliphatic rings. The molecule has 0 N–H and O–H groups in total. The van der Waals surface area contributed by atoms with Gasteiger partial charge in [0.25, 0.3) is 0 Å². The lowest BCUT2D eigenvalue weighted by molar-refractivity contribution is -0.137. The maximum absolute atomic E-state index is 11.2. The second-order valence-corrected chi connectivity index (χ2v) is 3.26. The van der Waals surface area contributed by atoms with Crippen molar-refractivity contribution in [3.63, 3.8) is 0 Å². The summed E-state index contributed by atoms with van der Waals surface area (Å²) in [5, 5.41) is 0. The van der Waals surface area contributed by atoms with Gasteiger partial charge in [0, 0.05) is 6.08 Å². The van der Waals surface area contributed by atoms with E-state index in [1.165, 1.54) is 11.1 Å². The van der Waals surface area contributed by atoms with Crippen LogP contribution < -0.4 is 0 Å². The molecule has 0 amide bonds. The highest BCUT2D eigenvalue weighted by atomic mass is 16.5. The van der Waals surface area contributed by atoms with Crippen LogP contribution >= 0.6 is 0 Å². The SMILES string of the molecule is CCOC(=O)/C=C1\Cc2ccccc21. The Hall–Kier alpha value is -1.57. The van der Waals surface area contributed by atoms with E-state index in [0.29, 0.717) is 6.61 Å². The minimum Gasteiger partial charge on any atom is -0.463 e. The van der Waals surface area contributed by atoms with Crippen molar-refractivity contribution < 1.29 is 9.53 Å². The molecule has 72 valence electrons. The molecule has 1 aliphatic carbocycles. The second kappa shape index (κ2) is 3.66. The summed E-state index contributed by atoms with van der Waals surface area (Å²) in [6, 6.07) is 8.11. The van der Waals surface area contributed by atoms with Crippen LogP contribution in [0.2, 0.25) is 0 Å². The summed E-state index contributed by atoms with van der Waals surface area (Å²) in [6.07, 6.45) is 2.47. The van der Waals surface area contributed by atoms with Crippen molar-refractivity contribution in [2.24, 2.45) is 0 Å². The fourth-order valence-corrected chi connectivity index (χ4v) is 1.64. The molecule has 0 fully saturated rings. The number of ether oxygens (including phenoxy) is 1. The number of esters is 1. The monoisotopic (exact) mass is 188 g/mol. The van der Waals surface area contributed by atoms with Crippen LogP contribution in [-0.4, -0.2) is 12.6 Å². The lowest BCUT2D eigenvalue weighted by Crippen LogP contribution is -2.10. The summed E-state index contributed by atoms with van der Waals surface area (Å²) in [6.45, 7) is 2.25. The van der Waals surface area contributed by atoms with Gasteiger partial charge in [0.1, 0.15) is 0 Å². The van der Waals surface area contributed by atoms with Gasteiger partial charge >= 0.3 is 5.97 Å². The molecule has 0 aromatic heterocycles. The van der Waals surface area contributed by atoms with Crippen molar-refractivity contribution in [3.8, 4) is 0 Å². The maximum Gasteiger partial charge on any atom is 0.331 e. The van der Waals surface area contributed by atoms with Crippen LogP contribution in [0.15, 0.2) is 30.3 Å². The zero-order chi connectivity index (χ0) is 9.97. The van der Waals surface area contributed by atoms with Gasteiger partial charge in [-0.15, -0.1) is 0 Å².